The molecule has 0 saturated carbocycles. The van der Waals surface area contributed by atoms with E-state index in [0.717, 1.165) is 6.92 Å². The number of ether oxygens (including phenoxy) is 2. The molecule has 152 valence electrons. The number of hydrogen-bond donors (Lipinski definition) is 1. The van der Waals surface area contributed by atoms with Crippen LogP contribution in [-0.2, 0) is 23.5 Å². The normalized spacial score (nSPS) is 27.8. The van der Waals surface area contributed by atoms with Crippen LogP contribution in [0.4, 0.5) is 13.2 Å². The summed E-state index contributed by atoms with van der Waals surface area (Å²) in [4.78, 5) is 22.7. The Morgan fingerprint density at radius 2 is 1.73 bits per heavy atom. The van der Waals surface area contributed by atoms with Gasteiger partial charge in [0.25, 0.3) is 0 Å². The quantitative estimate of drug-likeness (QED) is 0.581. The lowest BCUT2D eigenvalue weighted by atomic mass is 9.99. The maximum absolute atomic E-state index is 12.6. The minimum atomic E-state index is -5.03. The Bertz CT molecular complexity index is 533. The second-order valence-electron chi connectivity index (χ2n) is 8.04. The number of halogens is 3. The van der Waals surface area contributed by atoms with Crippen molar-refractivity contribution < 1.29 is 36.7 Å². The molecular weight excluding hydrogens is 371 g/mol. The highest BCUT2D eigenvalue weighted by atomic mass is 28.4. The van der Waals surface area contributed by atoms with Gasteiger partial charge < -0.3 is 19.2 Å². The second-order valence-corrected chi connectivity index (χ2v) is 12.8. The van der Waals surface area contributed by atoms with Crippen LogP contribution in [0.25, 0.3) is 0 Å². The molecule has 0 aromatic carbocycles. The van der Waals surface area contributed by atoms with Crippen LogP contribution in [0, 0.1) is 0 Å². The number of amides is 1. The summed E-state index contributed by atoms with van der Waals surface area (Å²) < 4.78 is 54.8. The summed E-state index contributed by atoms with van der Waals surface area (Å²) in [6, 6.07) is -1.06. The molecular formula is C16H28F3NO5Si. The monoisotopic (exact) mass is 399 g/mol. The van der Waals surface area contributed by atoms with E-state index < -0.39 is 50.9 Å². The Kier molecular flexibility index (Phi) is 6.92. The Balaban J connectivity index is 2.99. The Labute approximate surface area is 152 Å². The number of nitrogens with one attached hydrogen (secondary N) is 1. The second kappa shape index (κ2) is 7.85. The summed E-state index contributed by atoms with van der Waals surface area (Å²) in [6.45, 7) is 12.8. The molecule has 0 unspecified atom stereocenters. The molecule has 1 rings (SSSR count). The molecule has 26 heavy (non-hydrogen) atoms. The Morgan fingerprint density at radius 3 is 2.15 bits per heavy atom. The number of alkyl halides is 3. The molecule has 1 amide bonds. The molecule has 1 aliphatic heterocycles. The highest BCUT2D eigenvalue weighted by molar-refractivity contribution is 6.74. The fraction of sp³-hybridized carbons (Fsp3) is 0.875. The van der Waals surface area contributed by atoms with Crippen LogP contribution < -0.4 is 5.32 Å². The van der Waals surface area contributed by atoms with Crippen molar-refractivity contribution in [2.45, 2.75) is 89.9 Å². The van der Waals surface area contributed by atoms with Gasteiger partial charge >= 0.3 is 18.1 Å². The number of rotatable bonds is 4. The van der Waals surface area contributed by atoms with Crippen LogP contribution in [-0.4, -0.2) is 50.9 Å². The zero-order chi connectivity index (χ0) is 20.5. The summed E-state index contributed by atoms with van der Waals surface area (Å²) in [6.07, 6.45) is -7.63. The number of hydrogen-bond acceptors (Lipinski definition) is 5. The third-order valence-corrected chi connectivity index (χ3v) is 9.24. The Morgan fingerprint density at radius 1 is 1.19 bits per heavy atom. The standard InChI is InChI=1S/C16H28F3NO5Si/c1-9-13(24-10(2)21)11(20-14(22)16(17,18)19)8-12(23-9)25-26(6,7)15(3,4)5/h9,11-13H,8H2,1-7H3,(H,20,22)/t9-,11+,12+,13-/m0/s1. The van der Waals surface area contributed by atoms with E-state index in [0.29, 0.717) is 0 Å². The first-order chi connectivity index (χ1) is 11.5. The van der Waals surface area contributed by atoms with Crippen molar-refractivity contribution in [3.8, 4) is 0 Å². The van der Waals surface area contributed by atoms with E-state index in [4.69, 9.17) is 13.9 Å². The molecule has 0 bridgehead atoms. The average Bonchev–Trinajstić information content (AvgIpc) is 2.39. The van der Waals surface area contributed by atoms with Crippen molar-refractivity contribution in [1.82, 2.24) is 5.32 Å². The lowest BCUT2D eigenvalue weighted by molar-refractivity contribution is -0.212. The van der Waals surface area contributed by atoms with E-state index in [9.17, 15) is 22.8 Å². The maximum Gasteiger partial charge on any atom is 0.471 e. The molecule has 1 saturated heterocycles. The molecule has 0 aromatic rings. The Hall–Kier alpha value is -1.13. The fourth-order valence-electron chi connectivity index (χ4n) is 2.38. The minimum Gasteiger partial charge on any atom is -0.458 e. The molecule has 1 N–H and O–H groups in total. The third kappa shape index (κ3) is 5.95. The average molecular weight is 399 g/mol. The molecule has 0 aliphatic carbocycles. The van der Waals surface area contributed by atoms with Crippen molar-refractivity contribution in [3.63, 3.8) is 0 Å². The van der Waals surface area contributed by atoms with Gasteiger partial charge in [0, 0.05) is 13.3 Å². The van der Waals surface area contributed by atoms with Gasteiger partial charge in [0.2, 0.25) is 0 Å². The van der Waals surface area contributed by atoms with E-state index in [1.807, 2.05) is 39.2 Å². The van der Waals surface area contributed by atoms with Crippen LogP contribution in [0.3, 0.4) is 0 Å². The lowest BCUT2D eigenvalue weighted by Crippen LogP contribution is -2.60. The fourth-order valence-corrected chi connectivity index (χ4v) is 3.55. The molecule has 0 radical (unpaired) electrons. The minimum absolute atomic E-state index is 0.0450. The maximum atomic E-state index is 12.6. The van der Waals surface area contributed by atoms with Crippen molar-refractivity contribution in [3.05, 3.63) is 0 Å². The van der Waals surface area contributed by atoms with Gasteiger partial charge in [-0.3, -0.25) is 9.59 Å². The SMILES string of the molecule is CC(=O)O[C@H]1[C@H](C)O[C@H](O[Si](C)(C)C(C)(C)C)C[C@H]1NC(=O)C(F)(F)F. The van der Waals surface area contributed by atoms with Crippen molar-refractivity contribution >= 4 is 20.2 Å². The third-order valence-electron chi connectivity index (χ3n) is 4.78. The van der Waals surface area contributed by atoms with Crippen molar-refractivity contribution in [2.24, 2.45) is 0 Å². The largest absolute Gasteiger partial charge is 0.471 e. The number of carbonyl (C=O) groups is 2. The van der Waals surface area contributed by atoms with E-state index in [2.05, 4.69) is 0 Å². The smallest absolute Gasteiger partial charge is 0.458 e. The van der Waals surface area contributed by atoms with Gasteiger partial charge in [0.1, 0.15) is 12.4 Å². The van der Waals surface area contributed by atoms with Gasteiger partial charge in [-0.1, -0.05) is 20.8 Å². The van der Waals surface area contributed by atoms with Gasteiger partial charge in [0.15, 0.2) is 8.32 Å². The first kappa shape index (κ1) is 22.9. The van der Waals surface area contributed by atoms with Gasteiger partial charge in [0.05, 0.1) is 12.1 Å². The molecule has 4 atom stereocenters. The zero-order valence-corrected chi connectivity index (χ0v) is 17.2. The predicted octanol–water partition coefficient (Wildman–Crippen LogP) is 3.12. The lowest BCUT2D eigenvalue weighted by Gasteiger charge is -2.45. The number of carbonyl (C=O) groups excluding carboxylic acids is 2. The molecule has 6 nitrogen and oxygen atoms in total. The van der Waals surface area contributed by atoms with E-state index >= 15 is 0 Å². The van der Waals surface area contributed by atoms with Crippen LogP contribution in [0.2, 0.25) is 18.1 Å². The van der Waals surface area contributed by atoms with E-state index in [1.54, 1.807) is 6.92 Å². The summed E-state index contributed by atoms with van der Waals surface area (Å²) >= 11 is 0. The van der Waals surface area contributed by atoms with Gasteiger partial charge in [-0.15, -0.1) is 0 Å². The summed E-state index contributed by atoms with van der Waals surface area (Å²) in [5, 5.41) is 1.79. The van der Waals surface area contributed by atoms with Crippen LogP contribution >= 0.6 is 0 Å². The van der Waals surface area contributed by atoms with Crippen molar-refractivity contribution in [2.75, 3.05) is 0 Å². The van der Waals surface area contributed by atoms with Crippen LogP contribution in [0.1, 0.15) is 41.0 Å². The molecule has 1 aliphatic rings. The van der Waals surface area contributed by atoms with Gasteiger partial charge in [-0.05, 0) is 25.1 Å². The van der Waals surface area contributed by atoms with Crippen molar-refractivity contribution in [1.29, 1.82) is 0 Å². The first-order valence-electron chi connectivity index (χ1n) is 8.43. The van der Waals surface area contributed by atoms with Gasteiger partial charge in [-0.2, -0.15) is 13.2 Å². The zero-order valence-electron chi connectivity index (χ0n) is 16.2. The van der Waals surface area contributed by atoms with Crippen LogP contribution in [0.5, 0.6) is 0 Å². The van der Waals surface area contributed by atoms with Crippen LogP contribution in [0.15, 0.2) is 0 Å². The summed E-state index contributed by atoms with van der Waals surface area (Å²) in [5.41, 5.74) is 0. The molecule has 0 aromatic heterocycles. The molecule has 1 heterocycles. The highest BCUT2D eigenvalue weighted by Crippen LogP contribution is 2.39. The molecule has 1 fully saturated rings. The highest BCUT2D eigenvalue weighted by Gasteiger charge is 2.47. The molecule has 0 spiro atoms. The first-order valence-corrected chi connectivity index (χ1v) is 11.3. The topological polar surface area (TPSA) is 73.9 Å². The van der Waals surface area contributed by atoms with E-state index in [1.165, 1.54) is 0 Å². The summed E-state index contributed by atoms with van der Waals surface area (Å²) in [7, 11) is -2.25. The number of esters is 1. The van der Waals surface area contributed by atoms with E-state index in [-0.39, 0.29) is 11.5 Å². The predicted molar refractivity (Wildman–Crippen MR) is 90.8 cm³/mol. The summed E-state index contributed by atoms with van der Waals surface area (Å²) in [5.74, 6) is -2.75. The molecule has 10 heteroatoms. The van der Waals surface area contributed by atoms with Gasteiger partial charge in [-0.25, -0.2) is 0 Å².